The van der Waals surface area contributed by atoms with Crippen molar-refractivity contribution >= 4 is 11.6 Å². The first-order chi connectivity index (χ1) is 11.7. The van der Waals surface area contributed by atoms with E-state index in [-0.39, 0.29) is 5.91 Å². The zero-order chi connectivity index (χ0) is 16.9. The second-order valence-corrected chi connectivity index (χ2v) is 6.26. The molecule has 1 aliphatic rings. The van der Waals surface area contributed by atoms with Gasteiger partial charge in [-0.1, -0.05) is 30.3 Å². The lowest BCUT2D eigenvalue weighted by atomic mass is 10.0. The number of methoxy groups -OCH3 is 1. The van der Waals surface area contributed by atoms with Crippen LogP contribution in [-0.4, -0.2) is 38.1 Å². The van der Waals surface area contributed by atoms with Gasteiger partial charge in [0, 0.05) is 25.8 Å². The van der Waals surface area contributed by atoms with E-state index in [9.17, 15) is 4.79 Å². The van der Waals surface area contributed by atoms with Gasteiger partial charge in [0.2, 0.25) is 5.91 Å². The van der Waals surface area contributed by atoms with Crippen LogP contribution in [0.5, 0.6) is 5.75 Å². The van der Waals surface area contributed by atoms with Crippen LogP contribution < -0.4 is 9.64 Å². The van der Waals surface area contributed by atoms with Gasteiger partial charge in [-0.15, -0.1) is 0 Å². The largest absolute Gasteiger partial charge is 0.497 e. The van der Waals surface area contributed by atoms with Gasteiger partial charge in [0.25, 0.3) is 0 Å². The van der Waals surface area contributed by atoms with E-state index in [1.54, 1.807) is 12.0 Å². The van der Waals surface area contributed by atoms with Crippen LogP contribution in [0.2, 0.25) is 0 Å². The Morgan fingerprint density at radius 1 is 1.21 bits per heavy atom. The third kappa shape index (κ3) is 3.70. The first-order valence-corrected chi connectivity index (χ1v) is 8.37. The van der Waals surface area contributed by atoms with Gasteiger partial charge in [0.05, 0.1) is 13.7 Å². The molecule has 3 rings (SSSR count). The van der Waals surface area contributed by atoms with E-state index in [1.165, 1.54) is 11.3 Å². The van der Waals surface area contributed by atoms with Crippen molar-refractivity contribution in [3.63, 3.8) is 0 Å². The molecule has 0 saturated carbocycles. The van der Waals surface area contributed by atoms with Crippen LogP contribution in [0.25, 0.3) is 0 Å². The van der Waals surface area contributed by atoms with Crippen molar-refractivity contribution in [1.82, 2.24) is 4.90 Å². The fraction of sp³-hybridized carbons (Fsp3) is 0.350. The van der Waals surface area contributed by atoms with Crippen molar-refractivity contribution in [1.29, 1.82) is 0 Å². The molecule has 1 aliphatic heterocycles. The van der Waals surface area contributed by atoms with Crippen LogP contribution >= 0.6 is 0 Å². The van der Waals surface area contributed by atoms with Crippen molar-refractivity contribution in [2.45, 2.75) is 19.4 Å². The van der Waals surface area contributed by atoms with Gasteiger partial charge >= 0.3 is 0 Å². The molecule has 4 nitrogen and oxygen atoms in total. The summed E-state index contributed by atoms with van der Waals surface area (Å²) in [6.45, 7) is 1.96. The van der Waals surface area contributed by atoms with E-state index in [4.69, 9.17) is 4.74 Å². The lowest BCUT2D eigenvalue weighted by Gasteiger charge is -2.32. The fourth-order valence-corrected chi connectivity index (χ4v) is 3.19. The van der Waals surface area contributed by atoms with Crippen molar-refractivity contribution in [2.24, 2.45) is 0 Å². The quantitative estimate of drug-likeness (QED) is 0.847. The van der Waals surface area contributed by atoms with E-state index < -0.39 is 0 Å². The summed E-state index contributed by atoms with van der Waals surface area (Å²) in [6, 6.07) is 16.2. The number of rotatable bonds is 5. The summed E-state index contributed by atoms with van der Waals surface area (Å²) in [4.78, 5) is 16.6. The molecule has 4 heteroatoms. The molecule has 2 aromatic carbocycles. The predicted octanol–water partition coefficient (Wildman–Crippen LogP) is 3.11. The van der Waals surface area contributed by atoms with Gasteiger partial charge in [-0.2, -0.15) is 0 Å². The molecule has 0 bridgehead atoms. The minimum Gasteiger partial charge on any atom is -0.497 e. The topological polar surface area (TPSA) is 32.8 Å². The molecule has 0 saturated heterocycles. The Bertz CT molecular complexity index is 714. The third-order valence-corrected chi connectivity index (χ3v) is 4.51. The highest BCUT2D eigenvalue weighted by molar-refractivity contribution is 5.81. The maximum Gasteiger partial charge on any atom is 0.242 e. The molecule has 0 spiro atoms. The summed E-state index contributed by atoms with van der Waals surface area (Å²) in [7, 11) is 3.51. The number of benzene rings is 2. The molecular formula is C20H24N2O2. The molecule has 1 heterocycles. The summed E-state index contributed by atoms with van der Waals surface area (Å²) in [5, 5.41) is 0. The summed E-state index contributed by atoms with van der Waals surface area (Å²) >= 11 is 0. The number of hydrogen-bond acceptors (Lipinski definition) is 3. The fourth-order valence-electron chi connectivity index (χ4n) is 3.19. The van der Waals surface area contributed by atoms with Gasteiger partial charge in [-0.3, -0.25) is 4.79 Å². The number of hydrogen-bond donors (Lipinski definition) is 0. The van der Waals surface area contributed by atoms with E-state index >= 15 is 0 Å². The van der Waals surface area contributed by atoms with Gasteiger partial charge < -0.3 is 14.5 Å². The lowest BCUT2D eigenvalue weighted by Crippen LogP contribution is -2.40. The van der Waals surface area contributed by atoms with E-state index in [0.29, 0.717) is 13.1 Å². The molecule has 24 heavy (non-hydrogen) atoms. The highest BCUT2D eigenvalue weighted by atomic mass is 16.5. The van der Waals surface area contributed by atoms with Gasteiger partial charge in [0.15, 0.2) is 0 Å². The molecular weight excluding hydrogens is 300 g/mol. The Morgan fingerprint density at radius 3 is 2.88 bits per heavy atom. The van der Waals surface area contributed by atoms with Crippen molar-refractivity contribution in [3.05, 3.63) is 59.7 Å². The Labute approximate surface area is 143 Å². The monoisotopic (exact) mass is 324 g/mol. The Balaban J connectivity index is 1.64. The number of amides is 1. The van der Waals surface area contributed by atoms with Crippen LogP contribution in [0, 0.1) is 0 Å². The standard InChI is InChI=1S/C20H24N2O2/c1-21(14-16-7-5-10-18(13-16)24-2)20(23)15-22-12-6-9-17-8-3-4-11-19(17)22/h3-5,7-8,10-11,13H,6,9,12,14-15H2,1-2H3. The number of para-hydroxylation sites is 1. The molecule has 0 aliphatic carbocycles. The maximum atomic E-state index is 12.6. The molecule has 0 N–H and O–H groups in total. The Morgan fingerprint density at radius 2 is 2.04 bits per heavy atom. The van der Waals surface area contributed by atoms with Crippen LogP contribution in [-0.2, 0) is 17.8 Å². The lowest BCUT2D eigenvalue weighted by molar-refractivity contribution is -0.129. The van der Waals surface area contributed by atoms with E-state index in [2.05, 4.69) is 23.1 Å². The number of aryl methyl sites for hydroxylation is 1. The summed E-state index contributed by atoms with van der Waals surface area (Å²) in [6.07, 6.45) is 2.20. The summed E-state index contributed by atoms with van der Waals surface area (Å²) < 4.78 is 5.25. The van der Waals surface area contributed by atoms with E-state index in [1.807, 2.05) is 37.4 Å². The average Bonchev–Trinajstić information content (AvgIpc) is 2.62. The van der Waals surface area contributed by atoms with Crippen LogP contribution in [0.15, 0.2) is 48.5 Å². The normalized spacial score (nSPS) is 13.3. The highest BCUT2D eigenvalue weighted by Gasteiger charge is 2.20. The zero-order valence-corrected chi connectivity index (χ0v) is 14.4. The van der Waals surface area contributed by atoms with Crippen molar-refractivity contribution < 1.29 is 9.53 Å². The van der Waals surface area contributed by atoms with Crippen molar-refractivity contribution in [3.8, 4) is 5.75 Å². The summed E-state index contributed by atoms with van der Waals surface area (Å²) in [5.74, 6) is 0.952. The zero-order valence-electron chi connectivity index (χ0n) is 14.4. The Hall–Kier alpha value is -2.49. The van der Waals surface area contributed by atoms with Gasteiger partial charge in [-0.05, 0) is 42.2 Å². The first-order valence-electron chi connectivity index (χ1n) is 8.37. The molecule has 0 radical (unpaired) electrons. The summed E-state index contributed by atoms with van der Waals surface area (Å²) in [5.41, 5.74) is 3.61. The molecule has 126 valence electrons. The molecule has 0 unspecified atom stereocenters. The van der Waals surface area contributed by atoms with Gasteiger partial charge in [0.1, 0.15) is 5.75 Å². The second kappa shape index (κ2) is 7.39. The number of anilines is 1. The first kappa shape index (κ1) is 16.4. The average molecular weight is 324 g/mol. The SMILES string of the molecule is COc1cccc(CN(C)C(=O)CN2CCCc3ccccc32)c1. The third-order valence-electron chi connectivity index (χ3n) is 4.51. The maximum absolute atomic E-state index is 12.6. The molecule has 1 amide bonds. The van der Waals surface area contributed by atoms with Crippen LogP contribution in [0.1, 0.15) is 17.5 Å². The number of ether oxygens (including phenoxy) is 1. The number of nitrogens with zero attached hydrogens (tertiary/aromatic N) is 2. The van der Waals surface area contributed by atoms with Crippen molar-refractivity contribution in [2.75, 3.05) is 32.1 Å². The number of carbonyl (C=O) groups excluding carboxylic acids is 1. The minimum atomic E-state index is 0.134. The molecule has 2 aromatic rings. The van der Waals surface area contributed by atoms with Crippen LogP contribution in [0.3, 0.4) is 0 Å². The smallest absolute Gasteiger partial charge is 0.242 e. The van der Waals surface area contributed by atoms with Gasteiger partial charge in [-0.25, -0.2) is 0 Å². The second-order valence-electron chi connectivity index (χ2n) is 6.26. The minimum absolute atomic E-state index is 0.134. The molecule has 0 atom stereocenters. The predicted molar refractivity (Wildman–Crippen MR) is 96.4 cm³/mol. The molecule has 0 aromatic heterocycles. The highest BCUT2D eigenvalue weighted by Crippen LogP contribution is 2.26. The Kier molecular flexibility index (Phi) is 5.04. The number of fused-ring (bicyclic) bond motifs is 1. The number of likely N-dealkylation sites (N-methyl/N-ethyl adjacent to an activating group) is 1. The van der Waals surface area contributed by atoms with Crippen LogP contribution in [0.4, 0.5) is 5.69 Å². The molecule has 0 fully saturated rings. The number of carbonyl (C=O) groups is 1. The van der Waals surface area contributed by atoms with E-state index in [0.717, 1.165) is 30.7 Å².